The van der Waals surface area contributed by atoms with Crippen LogP contribution in [0.3, 0.4) is 0 Å². The summed E-state index contributed by atoms with van der Waals surface area (Å²) >= 11 is 0. The van der Waals surface area contributed by atoms with E-state index in [1.54, 1.807) is 0 Å². The van der Waals surface area contributed by atoms with Gasteiger partial charge in [0.2, 0.25) is 5.95 Å². The van der Waals surface area contributed by atoms with Crippen molar-refractivity contribution in [2.24, 2.45) is 0 Å². The Morgan fingerprint density at radius 2 is 1.86 bits per heavy atom. The Kier molecular flexibility index (Phi) is 4.50. The minimum absolute atomic E-state index is 0.299. The van der Waals surface area contributed by atoms with Crippen LogP contribution in [0.5, 0.6) is 0 Å². The van der Waals surface area contributed by atoms with E-state index in [9.17, 15) is 0 Å². The fraction of sp³-hybridized carbons (Fsp3) is 0.375. The lowest BCUT2D eigenvalue weighted by Crippen LogP contribution is -2.47. The maximum absolute atomic E-state index is 5.76. The molecule has 0 bridgehead atoms. The maximum atomic E-state index is 5.76. The number of nitrogens with zero attached hydrogens (tertiary/aromatic N) is 4. The van der Waals surface area contributed by atoms with E-state index in [0.717, 1.165) is 44.0 Å². The van der Waals surface area contributed by atoms with Gasteiger partial charge in [-0.3, -0.25) is 0 Å². The molecule has 0 amide bonds. The van der Waals surface area contributed by atoms with Crippen LogP contribution in [0.25, 0.3) is 0 Å². The van der Waals surface area contributed by atoms with Gasteiger partial charge in [0.05, 0.1) is 0 Å². The molecule has 2 heterocycles. The van der Waals surface area contributed by atoms with Gasteiger partial charge in [0.1, 0.15) is 5.82 Å². The van der Waals surface area contributed by atoms with Crippen molar-refractivity contribution in [1.29, 1.82) is 0 Å². The average Bonchev–Trinajstić information content (AvgIpc) is 2.53. The van der Waals surface area contributed by atoms with E-state index in [1.807, 2.05) is 24.4 Å². The molecule has 1 aromatic heterocycles. The first-order valence-corrected chi connectivity index (χ1v) is 7.56. The number of hydrogen-bond donors (Lipinski definition) is 2. The van der Waals surface area contributed by atoms with Crippen molar-refractivity contribution in [3.8, 4) is 0 Å². The van der Waals surface area contributed by atoms with E-state index in [1.165, 1.54) is 5.56 Å². The molecule has 0 spiro atoms. The highest BCUT2D eigenvalue weighted by Crippen LogP contribution is 2.18. The fourth-order valence-electron chi connectivity index (χ4n) is 2.53. The molecule has 6 heteroatoms. The Balaban J connectivity index is 1.76. The van der Waals surface area contributed by atoms with Crippen molar-refractivity contribution >= 4 is 11.8 Å². The molecule has 1 aliphatic heterocycles. The molecule has 0 radical (unpaired) electrons. The third kappa shape index (κ3) is 3.72. The zero-order valence-corrected chi connectivity index (χ0v) is 12.9. The Bertz CT molecular complexity index is 607. The molecule has 0 unspecified atom stereocenters. The SMILES string of the molecule is CN1CCN(Nc2nc(N)ncc2Cc2ccccc2)CC1. The van der Waals surface area contributed by atoms with E-state index in [4.69, 9.17) is 5.73 Å². The zero-order chi connectivity index (χ0) is 15.4. The molecule has 116 valence electrons. The van der Waals surface area contributed by atoms with Gasteiger partial charge in [-0.15, -0.1) is 0 Å². The Labute approximate surface area is 130 Å². The number of piperazine rings is 1. The summed E-state index contributed by atoms with van der Waals surface area (Å²) in [5.41, 5.74) is 11.5. The summed E-state index contributed by atoms with van der Waals surface area (Å²) in [6.45, 7) is 4.01. The van der Waals surface area contributed by atoms with Gasteiger partial charge in [-0.05, 0) is 12.6 Å². The number of benzene rings is 1. The quantitative estimate of drug-likeness (QED) is 0.884. The lowest BCUT2D eigenvalue weighted by Gasteiger charge is -2.33. The highest BCUT2D eigenvalue weighted by molar-refractivity contribution is 5.47. The summed E-state index contributed by atoms with van der Waals surface area (Å²) in [5.74, 6) is 1.11. The molecule has 3 rings (SSSR count). The zero-order valence-electron chi connectivity index (χ0n) is 12.9. The monoisotopic (exact) mass is 298 g/mol. The van der Waals surface area contributed by atoms with Crippen molar-refractivity contribution in [3.63, 3.8) is 0 Å². The summed E-state index contributed by atoms with van der Waals surface area (Å²) in [7, 11) is 2.14. The number of anilines is 2. The summed E-state index contributed by atoms with van der Waals surface area (Å²) in [6, 6.07) is 10.3. The number of nitrogens with two attached hydrogens (primary N) is 1. The van der Waals surface area contributed by atoms with Gasteiger partial charge in [0, 0.05) is 44.4 Å². The molecule has 0 aliphatic carbocycles. The Hall–Kier alpha value is -2.18. The maximum Gasteiger partial charge on any atom is 0.221 e. The van der Waals surface area contributed by atoms with Crippen LogP contribution in [-0.2, 0) is 6.42 Å². The smallest absolute Gasteiger partial charge is 0.221 e. The largest absolute Gasteiger partial charge is 0.368 e. The molecule has 1 fully saturated rings. The molecule has 0 saturated carbocycles. The highest BCUT2D eigenvalue weighted by atomic mass is 15.5. The van der Waals surface area contributed by atoms with Gasteiger partial charge < -0.3 is 16.1 Å². The Morgan fingerprint density at radius 3 is 2.59 bits per heavy atom. The van der Waals surface area contributed by atoms with Gasteiger partial charge in [0.25, 0.3) is 0 Å². The van der Waals surface area contributed by atoms with Crippen LogP contribution in [0.4, 0.5) is 11.8 Å². The lowest BCUT2D eigenvalue weighted by molar-refractivity contribution is 0.178. The standard InChI is InChI=1S/C16H22N6/c1-21-7-9-22(10-8-21)20-15-14(12-18-16(17)19-15)11-13-5-3-2-4-6-13/h2-6,12H,7-11H2,1H3,(H3,17,18,19,20). The van der Waals surface area contributed by atoms with E-state index < -0.39 is 0 Å². The van der Waals surface area contributed by atoms with Crippen molar-refractivity contribution in [3.05, 3.63) is 47.7 Å². The van der Waals surface area contributed by atoms with Crippen molar-refractivity contribution < 1.29 is 0 Å². The topological polar surface area (TPSA) is 70.3 Å². The molecule has 1 saturated heterocycles. The molecule has 3 N–H and O–H groups in total. The van der Waals surface area contributed by atoms with Crippen molar-refractivity contribution in [1.82, 2.24) is 19.9 Å². The number of nitrogens with one attached hydrogen (secondary N) is 1. The predicted molar refractivity (Wildman–Crippen MR) is 88.4 cm³/mol. The molecule has 22 heavy (non-hydrogen) atoms. The third-order valence-electron chi connectivity index (χ3n) is 3.89. The van der Waals surface area contributed by atoms with Crippen molar-refractivity contribution in [2.45, 2.75) is 6.42 Å². The number of nitrogen functional groups attached to an aromatic ring is 1. The minimum Gasteiger partial charge on any atom is -0.368 e. The highest BCUT2D eigenvalue weighted by Gasteiger charge is 2.16. The van der Waals surface area contributed by atoms with E-state index in [-0.39, 0.29) is 0 Å². The second kappa shape index (κ2) is 6.72. The summed E-state index contributed by atoms with van der Waals surface area (Å²) in [6.07, 6.45) is 2.60. The molecule has 2 aromatic rings. The number of hydrazine groups is 1. The van der Waals surface area contributed by atoms with Gasteiger partial charge in [-0.25, -0.2) is 9.99 Å². The molecule has 1 aliphatic rings. The van der Waals surface area contributed by atoms with Crippen LogP contribution in [-0.4, -0.2) is 53.1 Å². The van der Waals surface area contributed by atoms with E-state index in [0.29, 0.717) is 5.95 Å². The van der Waals surface area contributed by atoms with E-state index >= 15 is 0 Å². The number of hydrogen-bond acceptors (Lipinski definition) is 6. The first-order valence-electron chi connectivity index (χ1n) is 7.56. The number of likely N-dealkylation sites (N-methyl/N-ethyl adjacent to an activating group) is 1. The van der Waals surface area contributed by atoms with E-state index in [2.05, 4.69) is 44.5 Å². The fourth-order valence-corrected chi connectivity index (χ4v) is 2.53. The Morgan fingerprint density at radius 1 is 1.14 bits per heavy atom. The van der Waals surface area contributed by atoms with Crippen LogP contribution in [0, 0.1) is 0 Å². The molecule has 0 atom stereocenters. The first-order chi connectivity index (χ1) is 10.7. The second-order valence-electron chi connectivity index (χ2n) is 5.67. The number of aromatic nitrogens is 2. The summed E-state index contributed by atoms with van der Waals surface area (Å²) in [4.78, 5) is 10.8. The summed E-state index contributed by atoms with van der Waals surface area (Å²) in [5, 5.41) is 2.19. The minimum atomic E-state index is 0.299. The van der Waals surface area contributed by atoms with Crippen LogP contribution in [0.1, 0.15) is 11.1 Å². The molecule has 1 aromatic carbocycles. The van der Waals surface area contributed by atoms with Crippen LogP contribution >= 0.6 is 0 Å². The predicted octanol–water partition coefficient (Wildman–Crippen LogP) is 1.22. The van der Waals surface area contributed by atoms with Gasteiger partial charge in [-0.1, -0.05) is 30.3 Å². The van der Waals surface area contributed by atoms with Crippen molar-refractivity contribution in [2.75, 3.05) is 44.4 Å². The van der Waals surface area contributed by atoms with Gasteiger partial charge in [-0.2, -0.15) is 4.98 Å². The lowest BCUT2D eigenvalue weighted by atomic mass is 10.1. The molecule has 6 nitrogen and oxygen atoms in total. The number of rotatable bonds is 4. The molecular formula is C16H22N6. The van der Waals surface area contributed by atoms with Crippen LogP contribution in [0.2, 0.25) is 0 Å². The second-order valence-corrected chi connectivity index (χ2v) is 5.67. The normalized spacial score (nSPS) is 16.6. The molecular weight excluding hydrogens is 276 g/mol. The van der Waals surface area contributed by atoms with Crippen LogP contribution < -0.4 is 11.2 Å². The summed E-state index contributed by atoms with van der Waals surface area (Å²) < 4.78 is 0. The van der Waals surface area contributed by atoms with Gasteiger partial charge in [0.15, 0.2) is 0 Å². The van der Waals surface area contributed by atoms with Crippen LogP contribution in [0.15, 0.2) is 36.5 Å². The average molecular weight is 298 g/mol. The first kappa shape index (κ1) is 14.7. The third-order valence-corrected chi connectivity index (χ3v) is 3.89. The van der Waals surface area contributed by atoms with Gasteiger partial charge >= 0.3 is 0 Å².